The number of nitrogens with one attached hydrogen (secondary N) is 1. The lowest BCUT2D eigenvalue weighted by atomic mass is 10.1. The van der Waals surface area contributed by atoms with Crippen LogP contribution in [0.2, 0.25) is 0 Å². The largest absolute Gasteiger partial charge is 0.349 e. The highest BCUT2D eigenvalue weighted by molar-refractivity contribution is 5.94. The number of nitrogens with zero attached hydrogens (tertiary/aromatic N) is 3. The predicted octanol–water partition coefficient (Wildman–Crippen LogP) is 2.97. The molecular formula is C20H21FN4O. The van der Waals surface area contributed by atoms with E-state index < -0.39 is 0 Å². The maximum Gasteiger partial charge on any atom is 0.270 e. The van der Waals surface area contributed by atoms with Crippen molar-refractivity contribution in [3.05, 3.63) is 72.2 Å². The third-order valence-electron chi connectivity index (χ3n) is 3.93. The maximum absolute atomic E-state index is 13.3. The standard InChI is InChI=1S/C20H21FN4O/c1-24(2)13-12-22-20(26)19-14-18(15-6-4-3-5-7-15)23-25(19)17-10-8-16(21)9-11-17/h3-11,14H,12-13H2,1-2H3,(H,22,26). The molecule has 3 aromatic rings. The third-order valence-corrected chi connectivity index (χ3v) is 3.93. The van der Waals surface area contributed by atoms with Crippen molar-refractivity contribution in [2.75, 3.05) is 27.2 Å². The van der Waals surface area contributed by atoms with E-state index in [0.717, 1.165) is 12.1 Å². The number of halogens is 1. The van der Waals surface area contributed by atoms with Gasteiger partial charge in [-0.1, -0.05) is 30.3 Å². The molecule has 1 aromatic heterocycles. The molecule has 1 N–H and O–H groups in total. The second-order valence-electron chi connectivity index (χ2n) is 6.23. The lowest BCUT2D eigenvalue weighted by Crippen LogP contribution is -2.32. The van der Waals surface area contributed by atoms with E-state index in [1.165, 1.54) is 12.1 Å². The zero-order valence-electron chi connectivity index (χ0n) is 14.8. The molecule has 0 radical (unpaired) electrons. The molecule has 5 nitrogen and oxygen atoms in total. The van der Waals surface area contributed by atoms with E-state index >= 15 is 0 Å². The number of likely N-dealkylation sites (N-methyl/N-ethyl adjacent to an activating group) is 1. The van der Waals surface area contributed by atoms with Gasteiger partial charge in [0.15, 0.2) is 0 Å². The van der Waals surface area contributed by atoms with Crippen LogP contribution >= 0.6 is 0 Å². The van der Waals surface area contributed by atoms with E-state index in [1.807, 2.05) is 49.3 Å². The molecule has 6 heteroatoms. The van der Waals surface area contributed by atoms with Gasteiger partial charge in [-0.2, -0.15) is 5.10 Å². The molecule has 0 bridgehead atoms. The molecule has 1 amide bonds. The Morgan fingerprint density at radius 2 is 1.81 bits per heavy atom. The number of hydrogen-bond acceptors (Lipinski definition) is 3. The summed E-state index contributed by atoms with van der Waals surface area (Å²) in [5, 5.41) is 7.47. The highest BCUT2D eigenvalue weighted by Crippen LogP contribution is 2.21. The molecule has 0 aliphatic rings. The monoisotopic (exact) mass is 352 g/mol. The average molecular weight is 352 g/mol. The van der Waals surface area contributed by atoms with E-state index in [2.05, 4.69) is 10.4 Å². The molecule has 0 spiro atoms. The zero-order valence-corrected chi connectivity index (χ0v) is 14.8. The normalized spacial score (nSPS) is 10.9. The van der Waals surface area contributed by atoms with Crippen LogP contribution in [0.1, 0.15) is 10.5 Å². The molecule has 0 fully saturated rings. The van der Waals surface area contributed by atoms with Crippen molar-refractivity contribution in [3.63, 3.8) is 0 Å². The van der Waals surface area contributed by atoms with Crippen LogP contribution in [0.15, 0.2) is 60.7 Å². The molecule has 134 valence electrons. The average Bonchev–Trinajstić information content (AvgIpc) is 3.08. The number of carbonyl (C=O) groups excluding carboxylic acids is 1. The van der Waals surface area contributed by atoms with Gasteiger partial charge in [0.25, 0.3) is 5.91 Å². The van der Waals surface area contributed by atoms with E-state index in [1.54, 1.807) is 22.9 Å². The van der Waals surface area contributed by atoms with Crippen molar-refractivity contribution in [1.29, 1.82) is 0 Å². The van der Waals surface area contributed by atoms with Gasteiger partial charge < -0.3 is 10.2 Å². The minimum absolute atomic E-state index is 0.217. The molecule has 0 saturated carbocycles. The second-order valence-corrected chi connectivity index (χ2v) is 6.23. The first-order valence-electron chi connectivity index (χ1n) is 8.39. The Labute approximate surface area is 152 Å². The maximum atomic E-state index is 13.3. The van der Waals surface area contributed by atoms with Crippen LogP contribution < -0.4 is 5.32 Å². The zero-order chi connectivity index (χ0) is 18.5. The number of amides is 1. The highest BCUT2D eigenvalue weighted by atomic mass is 19.1. The Hall–Kier alpha value is -2.99. The van der Waals surface area contributed by atoms with Crippen LogP contribution in [0.25, 0.3) is 16.9 Å². The smallest absolute Gasteiger partial charge is 0.270 e. The number of aromatic nitrogens is 2. The summed E-state index contributed by atoms with van der Waals surface area (Å²) in [6.07, 6.45) is 0. The number of benzene rings is 2. The van der Waals surface area contributed by atoms with Gasteiger partial charge in [-0.15, -0.1) is 0 Å². The summed E-state index contributed by atoms with van der Waals surface area (Å²) in [4.78, 5) is 14.7. The summed E-state index contributed by atoms with van der Waals surface area (Å²) in [5.74, 6) is -0.549. The molecule has 0 saturated heterocycles. The Balaban J connectivity index is 1.96. The van der Waals surface area contributed by atoms with Gasteiger partial charge in [0, 0.05) is 18.7 Å². The minimum Gasteiger partial charge on any atom is -0.349 e. The third kappa shape index (κ3) is 4.15. The Kier molecular flexibility index (Phi) is 5.43. The lowest BCUT2D eigenvalue weighted by molar-refractivity contribution is 0.0943. The van der Waals surface area contributed by atoms with Crippen molar-refractivity contribution < 1.29 is 9.18 Å². The summed E-state index contributed by atoms with van der Waals surface area (Å²) in [7, 11) is 3.89. The Morgan fingerprint density at radius 3 is 2.46 bits per heavy atom. The topological polar surface area (TPSA) is 50.2 Å². The molecule has 26 heavy (non-hydrogen) atoms. The van der Waals surface area contributed by atoms with Gasteiger partial charge in [0.2, 0.25) is 0 Å². The minimum atomic E-state index is -0.332. The molecule has 3 rings (SSSR count). The Morgan fingerprint density at radius 1 is 1.12 bits per heavy atom. The SMILES string of the molecule is CN(C)CCNC(=O)c1cc(-c2ccccc2)nn1-c1ccc(F)cc1. The predicted molar refractivity (Wildman–Crippen MR) is 99.8 cm³/mol. The second kappa shape index (κ2) is 7.93. The van der Waals surface area contributed by atoms with Crippen molar-refractivity contribution in [2.24, 2.45) is 0 Å². The summed E-state index contributed by atoms with van der Waals surface area (Å²) in [6, 6.07) is 17.3. The van der Waals surface area contributed by atoms with Crippen LogP contribution in [0.3, 0.4) is 0 Å². The van der Waals surface area contributed by atoms with Crippen LogP contribution in [0, 0.1) is 5.82 Å². The fourth-order valence-corrected chi connectivity index (χ4v) is 2.56. The van der Waals surface area contributed by atoms with Crippen molar-refractivity contribution >= 4 is 5.91 Å². The fourth-order valence-electron chi connectivity index (χ4n) is 2.56. The van der Waals surface area contributed by atoms with Crippen LogP contribution in [-0.4, -0.2) is 47.8 Å². The molecule has 2 aromatic carbocycles. The lowest BCUT2D eigenvalue weighted by Gasteiger charge is -2.11. The molecular weight excluding hydrogens is 331 g/mol. The summed E-state index contributed by atoms with van der Waals surface area (Å²) >= 11 is 0. The van der Waals surface area contributed by atoms with E-state index in [9.17, 15) is 9.18 Å². The number of carbonyl (C=O) groups is 1. The number of hydrogen-bond donors (Lipinski definition) is 1. The molecule has 1 heterocycles. The fraction of sp³-hybridized carbons (Fsp3) is 0.200. The molecule has 0 aliphatic carbocycles. The van der Waals surface area contributed by atoms with Crippen LogP contribution in [0.5, 0.6) is 0 Å². The molecule has 0 atom stereocenters. The van der Waals surface area contributed by atoms with Crippen molar-refractivity contribution in [1.82, 2.24) is 20.0 Å². The number of rotatable bonds is 6. The van der Waals surface area contributed by atoms with Crippen LogP contribution in [-0.2, 0) is 0 Å². The molecule has 0 aliphatic heterocycles. The first-order valence-corrected chi connectivity index (χ1v) is 8.39. The van der Waals surface area contributed by atoms with Gasteiger partial charge in [-0.05, 0) is 44.4 Å². The van der Waals surface area contributed by atoms with Gasteiger partial charge in [0.05, 0.1) is 11.4 Å². The van der Waals surface area contributed by atoms with Gasteiger partial charge >= 0.3 is 0 Å². The highest BCUT2D eigenvalue weighted by Gasteiger charge is 2.17. The van der Waals surface area contributed by atoms with E-state index in [0.29, 0.717) is 23.6 Å². The molecule has 0 unspecified atom stereocenters. The summed E-state index contributed by atoms with van der Waals surface area (Å²) in [6.45, 7) is 1.27. The van der Waals surface area contributed by atoms with E-state index in [-0.39, 0.29) is 11.7 Å². The van der Waals surface area contributed by atoms with Crippen molar-refractivity contribution in [2.45, 2.75) is 0 Å². The van der Waals surface area contributed by atoms with E-state index in [4.69, 9.17) is 0 Å². The van der Waals surface area contributed by atoms with Gasteiger partial charge in [0.1, 0.15) is 11.5 Å². The first-order chi connectivity index (χ1) is 12.5. The van der Waals surface area contributed by atoms with Crippen molar-refractivity contribution in [3.8, 4) is 16.9 Å². The quantitative estimate of drug-likeness (QED) is 0.742. The van der Waals surface area contributed by atoms with Gasteiger partial charge in [-0.25, -0.2) is 9.07 Å². The van der Waals surface area contributed by atoms with Crippen LogP contribution in [0.4, 0.5) is 4.39 Å². The Bertz CT molecular complexity index is 873. The van der Waals surface area contributed by atoms with Gasteiger partial charge in [-0.3, -0.25) is 4.79 Å². The summed E-state index contributed by atoms with van der Waals surface area (Å²) < 4.78 is 14.8. The summed E-state index contributed by atoms with van der Waals surface area (Å²) in [5.41, 5.74) is 2.64. The first kappa shape index (κ1) is 17.8.